The second-order valence-electron chi connectivity index (χ2n) is 4.78. The highest BCUT2D eigenvalue weighted by Gasteiger charge is 2.42. The Labute approximate surface area is 85.5 Å². The Morgan fingerprint density at radius 3 is 2.86 bits per heavy atom. The molecule has 1 fully saturated rings. The van der Waals surface area contributed by atoms with Crippen molar-refractivity contribution in [2.24, 2.45) is 12.5 Å². The minimum atomic E-state index is 0.558. The number of aryl methyl sites for hydroxylation is 1. The molecule has 1 aromatic rings. The van der Waals surface area contributed by atoms with Gasteiger partial charge in [0.25, 0.3) is 0 Å². The van der Waals surface area contributed by atoms with Crippen LogP contribution in [0.5, 0.6) is 0 Å². The second-order valence-corrected chi connectivity index (χ2v) is 4.78. The molecule has 1 aliphatic rings. The first-order chi connectivity index (χ1) is 6.60. The Morgan fingerprint density at radius 1 is 1.64 bits per heavy atom. The van der Waals surface area contributed by atoms with E-state index in [4.69, 9.17) is 0 Å². The fourth-order valence-corrected chi connectivity index (χ4v) is 1.71. The highest BCUT2D eigenvalue weighted by atomic mass is 15.2. The number of nitrogens with zero attached hydrogens (tertiary/aromatic N) is 2. The van der Waals surface area contributed by atoms with Crippen LogP contribution in [-0.4, -0.2) is 15.8 Å². The largest absolute Gasteiger partial charge is 0.310 e. The first-order valence-corrected chi connectivity index (χ1v) is 5.31. The molecule has 1 atom stereocenters. The fourth-order valence-electron chi connectivity index (χ4n) is 1.71. The molecule has 0 aromatic carbocycles. The van der Waals surface area contributed by atoms with E-state index in [1.54, 1.807) is 0 Å². The van der Waals surface area contributed by atoms with Crippen molar-refractivity contribution in [3.8, 4) is 0 Å². The van der Waals surface area contributed by atoms with Gasteiger partial charge in [0, 0.05) is 31.4 Å². The van der Waals surface area contributed by atoms with Crippen molar-refractivity contribution in [2.45, 2.75) is 39.3 Å². The van der Waals surface area contributed by atoms with E-state index in [-0.39, 0.29) is 0 Å². The molecule has 0 spiro atoms. The summed E-state index contributed by atoms with van der Waals surface area (Å²) in [5.41, 5.74) is 1.82. The topological polar surface area (TPSA) is 29.9 Å². The third kappa shape index (κ3) is 1.98. The van der Waals surface area contributed by atoms with E-state index in [2.05, 4.69) is 30.5 Å². The Balaban J connectivity index is 1.82. The zero-order valence-electron chi connectivity index (χ0n) is 9.25. The molecule has 1 unspecified atom stereocenters. The van der Waals surface area contributed by atoms with Gasteiger partial charge in [-0.15, -0.1) is 0 Å². The van der Waals surface area contributed by atoms with Gasteiger partial charge in [-0.3, -0.25) is 4.68 Å². The van der Waals surface area contributed by atoms with Crippen LogP contribution in [0.1, 0.15) is 32.3 Å². The summed E-state index contributed by atoms with van der Waals surface area (Å²) in [6.45, 7) is 5.57. The number of nitrogens with one attached hydrogen (secondary N) is 1. The first-order valence-electron chi connectivity index (χ1n) is 5.31. The van der Waals surface area contributed by atoms with Gasteiger partial charge in [-0.1, -0.05) is 6.92 Å². The summed E-state index contributed by atoms with van der Waals surface area (Å²) < 4.78 is 1.85. The Kier molecular flexibility index (Phi) is 2.35. The van der Waals surface area contributed by atoms with Crippen molar-refractivity contribution in [2.75, 3.05) is 0 Å². The van der Waals surface area contributed by atoms with E-state index in [9.17, 15) is 0 Å². The maximum atomic E-state index is 4.15. The summed E-state index contributed by atoms with van der Waals surface area (Å²) in [5.74, 6) is 0. The summed E-state index contributed by atoms with van der Waals surface area (Å²) in [6, 6.07) is 0.614. The van der Waals surface area contributed by atoms with E-state index >= 15 is 0 Å². The molecule has 0 aliphatic heterocycles. The van der Waals surface area contributed by atoms with E-state index in [0.29, 0.717) is 11.5 Å². The van der Waals surface area contributed by atoms with Crippen molar-refractivity contribution in [1.82, 2.24) is 15.1 Å². The molecule has 3 nitrogen and oxygen atoms in total. The quantitative estimate of drug-likeness (QED) is 0.788. The van der Waals surface area contributed by atoms with Crippen LogP contribution in [0.15, 0.2) is 12.4 Å². The highest BCUT2D eigenvalue weighted by Crippen LogP contribution is 2.47. The number of aromatic nitrogens is 2. The van der Waals surface area contributed by atoms with Gasteiger partial charge < -0.3 is 5.32 Å². The molecule has 78 valence electrons. The van der Waals surface area contributed by atoms with Gasteiger partial charge in [-0.05, 0) is 25.2 Å². The van der Waals surface area contributed by atoms with Crippen LogP contribution in [-0.2, 0) is 13.6 Å². The molecule has 3 heteroatoms. The van der Waals surface area contributed by atoms with Crippen LogP contribution < -0.4 is 5.32 Å². The van der Waals surface area contributed by atoms with Crippen molar-refractivity contribution < 1.29 is 0 Å². The van der Waals surface area contributed by atoms with Gasteiger partial charge >= 0.3 is 0 Å². The van der Waals surface area contributed by atoms with Crippen molar-refractivity contribution in [3.63, 3.8) is 0 Å². The smallest absolute Gasteiger partial charge is 0.0534 e. The molecule has 0 radical (unpaired) electrons. The summed E-state index contributed by atoms with van der Waals surface area (Å²) in [7, 11) is 1.95. The van der Waals surface area contributed by atoms with Crippen molar-refractivity contribution >= 4 is 0 Å². The van der Waals surface area contributed by atoms with Crippen LogP contribution >= 0.6 is 0 Å². The molecule has 0 amide bonds. The lowest BCUT2D eigenvalue weighted by Crippen LogP contribution is -2.32. The van der Waals surface area contributed by atoms with Gasteiger partial charge in [-0.25, -0.2) is 0 Å². The van der Waals surface area contributed by atoms with Gasteiger partial charge in [0.2, 0.25) is 0 Å². The average Bonchev–Trinajstić information content (AvgIpc) is 2.76. The maximum Gasteiger partial charge on any atom is 0.0534 e. The van der Waals surface area contributed by atoms with Crippen LogP contribution in [0.4, 0.5) is 0 Å². The lowest BCUT2D eigenvalue weighted by atomic mass is 10.0. The zero-order chi connectivity index (χ0) is 10.2. The number of hydrogen-bond donors (Lipinski definition) is 1. The Bertz CT molecular complexity index is 312. The van der Waals surface area contributed by atoms with Crippen LogP contribution in [0, 0.1) is 5.41 Å². The molecule has 14 heavy (non-hydrogen) atoms. The molecule has 1 aromatic heterocycles. The fraction of sp³-hybridized carbons (Fsp3) is 0.727. The van der Waals surface area contributed by atoms with Gasteiger partial charge in [-0.2, -0.15) is 5.10 Å². The monoisotopic (exact) mass is 193 g/mol. The van der Waals surface area contributed by atoms with E-state index in [0.717, 1.165) is 6.54 Å². The molecule has 1 saturated carbocycles. The number of rotatable bonds is 4. The lowest BCUT2D eigenvalue weighted by molar-refractivity contribution is 0.380. The molecule has 1 aliphatic carbocycles. The predicted octanol–water partition coefficient (Wildman–Crippen LogP) is 1.70. The second kappa shape index (κ2) is 3.39. The minimum Gasteiger partial charge on any atom is -0.310 e. The van der Waals surface area contributed by atoms with E-state index in [1.807, 2.05) is 17.9 Å². The number of hydrogen-bond acceptors (Lipinski definition) is 2. The summed E-state index contributed by atoms with van der Waals surface area (Å²) in [4.78, 5) is 0. The van der Waals surface area contributed by atoms with Crippen LogP contribution in [0.3, 0.4) is 0 Å². The molecule has 1 heterocycles. The standard InChI is InChI=1S/C11H19N3/c1-9(11(2)4-5-11)12-6-10-7-13-14(3)8-10/h7-9,12H,4-6H2,1-3H3. The van der Waals surface area contributed by atoms with Crippen molar-refractivity contribution in [1.29, 1.82) is 0 Å². The lowest BCUT2D eigenvalue weighted by Gasteiger charge is -2.19. The molecule has 0 bridgehead atoms. The van der Waals surface area contributed by atoms with Crippen LogP contribution in [0.25, 0.3) is 0 Å². The Hall–Kier alpha value is -0.830. The van der Waals surface area contributed by atoms with E-state index < -0.39 is 0 Å². The summed E-state index contributed by atoms with van der Waals surface area (Å²) >= 11 is 0. The Morgan fingerprint density at radius 2 is 2.36 bits per heavy atom. The third-order valence-corrected chi connectivity index (χ3v) is 3.45. The normalized spacial score (nSPS) is 20.8. The van der Waals surface area contributed by atoms with Crippen molar-refractivity contribution in [3.05, 3.63) is 18.0 Å². The average molecular weight is 193 g/mol. The molecule has 1 N–H and O–H groups in total. The summed E-state index contributed by atoms with van der Waals surface area (Å²) in [5, 5.41) is 7.71. The molecular formula is C11H19N3. The molecule has 2 rings (SSSR count). The maximum absolute atomic E-state index is 4.15. The minimum absolute atomic E-state index is 0.558. The van der Waals surface area contributed by atoms with Gasteiger partial charge in [0.15, 0.2) is 0 Å². The molecule has 0 saturated heterocycles. The van der Waals surface area contributed by atoms with E-state index in [1.165, 1.54) is 18.4 Å². The van der Waals surface area contributed by atoms with Gasteiger partial charge in [0.05, 0.1) is 6.20 Å². The van der Waals surface area contributed by atoms with Crippen LogP contribution in [0.2, 0.25) is 0 Å². The molecular weight excluding hydrogens is 174 g/mol. The predicted molar refractivity (Wildman–Crippen MR) is 56.9 cm³/mol. The van der Waals surface area contributed by atoms with Gasteiger partial charge in [0.1, 0.15) is 0 Å². The SMILES string of the molecule is CC(NCc1cnn(C)c1)C1(C)CC1. The third-order valence-electron chi connectivity index (χ3n) is 3.45. The highest BCUT2D eigenvalue weighted by molar-refractivity contribution is 5.04. The first kappa shape index (κ1) is 9.71. The zero-order valence-corrected chi connectivity index (χ0v) is 9.25. The summed E-state index contributed by atoms with van der Waals surface area (Å²) in [6.07, 6.45) is 6.73.